The van der Waals surface area contributed by atoms with Crippen LogP contribution in [0.15, 0.2) is 5.11 Å². The average molecular weight is 193 g/mol. The molecule has 1 aliphatic rings. The molecule has 7 heteroatoms. The maximum absolute atomic E-state index is 10.4. The third-order valence-corrected chi connectivity index (χ3v) is 1.62. The van der Waals surface area contributed by atoms with Gasteiger partial charge in [-0.15, -0.1) is 12.4 Å². The molecular weight excluding hydrogens is 184 g/mol. The fourth-order valence-corrected chi connectivity index (χ4v) is 1.07. The molecule has 12 heavy (non-hydrogen) atoms. The normalized spacial score (nSPS) is 27.0. The predicted octanol–water partition coefficient (Wildman–Crippen LogP) is 0.534. The van der Waals surface area contributed by atoms with Gasteiger partial charge in [0.25, 0.3) is 0 Å². The molecular formula is C5H9ClN4O2. The van der Waals surface area contributed by atoms with E-state index in [0.29, 0.717) is 13.0 Å². The van der Waals surface area contributed by atoms with Crippen molar-refractivity contribution in [1.82, 2.24) is 5.32 Å². The van der Waals surface area contributed by atoms with Crippen LogP contribution < -0.4 is 5.32 Å². The Hall–Kier alpha value is -0.970. The second-order valence-corrected chi connectivity index (χ2v) is 2.39. The summed E-state index contributed by atoms with van der Waals surface area (Å²) in [6, 6.07) is -0.758. The molecule has 6 nitrogen and oxygen atoms in total. The number of carbonyl (C=O) groups is 1. The number of halogens is 1. The fraction of sp³-hybridized carbons (Fsp3) is 0.800. The van der Waals surface area contributed by atoms with Crippen LogP contribution >= 0.6 is 12.4 Å². The highest BCUT2D eigenvalue weighted by Crippen LogP contribution is 2.09. The van der Waals surface area contributed by atoms with Gasteiger partial charge in [0, 0.05) is 11.5 Å². The second-order valence-electron chi connectivity index (χ2n) is 2.39. The van der Waals surface area contributed by atoms with Crippen molar-refractivity contribution in [3.05, 3.63) is 10.4 Å². The molecule has 0 radical (unpaired) electrons. The minimum atomic E-state index is -0.888. The molecule has 1 fully saturated rings. The molecule has 2 atom stereocenters. The molecule has 0 saturated carbocycles. The van der Waals surface area contributed by atoms with E-state index in [-0.39, 0.29) is 18.4 Å². The maximum Gasteiger partial charge on any atom is 0.320 e. The van der Waals surface area contributed by atoms with E-state index in [2.05, 4.69) is 15.3 Å². The van der Waals surface area contributed by atoms with Crippen molar-refractivity contribution in [2.45, 2.75) is 18.5 Å². The van der Waals surface area contributed by atoms with E-state index >= 15 is 0 Å². The number of hydrogen-bond donors (Lipinski definition) is 2. The Bertz CT molecular complexity index is 207. The maximum atomic E-state index is 10.4. The molecule has 0 spiro atoms. The molecule has 68 valence electrons. The number of rotatable bonds is 2. The smallest absolute Gasteiger partial charge is 0.320 e. The van der Waals surface area contributed by atoms with Crippen LogP contribution in [0.4, 0.5) is 0 Å². The molecule has 0 aromatic carbocycles. The van der Waals surface area contributed by atoms with Gasteiger partial charge in [-0.3, -0.25) is 4.79 Å². The first-order chi connectivity index (χ1) is 5.24. The largest absolute Gasteiger partial charge is 0.480 e. The Morgan fingerprint density at radius 2 is 2.42 bits per heavy atom. The molecule has 1 aliphatic heterocycles. The summed E-state index contributed by atoms with van der Waals surface area (Å²) in [6.45, 7) is 0.459. The van der Waals surface area contributed by atoms with Crippen LogP contribution in [-0.2, 0) is 4.79 Å². The summed E-state index contributed by atoms with van der Waals surface area (Å²) in [5, 5.41) is 14.6. The summed E-state index contributed by atoms with van der Waals surface area (Å²) in [4.78, 5) is 13.0. The van der Waals surface area contributed by atoms with Crippen molar-refractivity contribution in [3.8, 4) is 0 Å². The van der Waals surface area contributed by atoms with Crippen molar-refractivity contribution in [3.63, 3.8) is 0 Å². The third-order valence-electron chi connectivity index (χ3n) is 1.62. The third kappa shape index (κ3) is 2.58. The Kier molecular flexibility index (Phi) is 4.43. The highest BCUT2D eigenvalue weighted by atomic mass is 35.5. The summed E-state index contributed by atoms with van der Waals surface area (Å²) in [5.74, 6) is -0.888. The molecule has 1 rings (SSSR count). The number of carboxylic acids is 1. The number of nitrogens with one attached hydrogen (secondary N) is 1. The molecule has 2 N–H and O–H groups in total. The van der Waals surface area contributed by atoms with Gasteiger partial charge in [0.1, 0.15) is 6.04 Å². The number of hydrogen-bond acceptors (Lipinski definition) is 3. The van der Waals surface area contributed by atoms with E-state index in [1.54, 1.807) is 0 Å². The van der Waals surface area contributed by atoms with Gasteiger partial charge in [0.2, 0.25) is 0 Å². The lowest BCUT2D eigenvalue weighted by molar-refractivity contribution is -0.139. The van der Waals surface area contributed by atoms with Crippen molar-refractivity contribution in [1.29, 1.82) is 0 Å². The average Bonchev–Trinajstić information content (AvgIpc) is 2.37. The van der Waals surface area contributed by atoms with Gasteiger partial charge in [0.15, 0.2) is 0 Å². The van der Waals surface area contributed by atoms with Crippen molar-refractivity contribution >= 4 is 18.4 Å². The van der Waals surface area contributed by atoms with E-state index in [1.165, 1.54) is 0 Å². The minimum absolute atomic E-state index is 0. The monoisotopic (exact) mass is 192 g/mol. The fourth-order valence-electron chi connectivity index (χ4n) is 1.07. The number of azide groups is 1. The van der Waals surface area contributed by atoms with Crippen molar-refractivity contribution in [2.24, 2.45) is 5.11 Å². The summed E-state index contributed by atoms with van der Waals surface area (Å²) < 4.78 is 0. The van der Waals surface area contributed by atoms with Gasteiger partial charge >= 0.3 is 5.97 Å². The van der Waals surface area contributed by atoms with Gasteiger partial charge in [-0.05, 0) is 12.0 Å². The van der Waals surface area contributed by atoms with E-state index in [1.807, 2.05) is 0 Å². The Morgan fingerprint density at radius 3 is 2.83 bits per heavy atom. The number of nitrogens with zero attached hydrogens (tertiary/aromatic N) is 3. The number of aliphatic carboxylic acids is 1. The zero-order chi connectivity index (χ0) is 8.27. The van der Waals surface area contributed by atoms with Crippen LogP contribution in [0.1, 0.15) is 6.42 Å². The highest BCUT2D eigenvalue weighted by molar-refractivity contribution is 5.85. The van der Waals surface area contributed by atoms with Gasteiger partial charge in [-0.1, -0.05) is 5.11 Å². The quantitative estimate of drug-likeness (QED) is 0.379. The van der Waals surface area contributed by atoms with Gasteiger partial charge in [0.05, 0.1) is 6.04 Å². The molecule has 1 heterocycles. The minimum Gasteiger partial charge on any atom is -0.480 e. The molecule has 0 unspecified atom stereocenters. The Labute approximate surface area is 75.0 Å². The van der Waals surface area contributed by atoms with Crippen LogP contribution in [0.25, 0.3) is 10.4 Å². The van der Waals surface area contributed by atoms with E-state index in [0.717, 1.165) is 0 Å². The summed E-state index contributed by atoms with van der Waals surface area (Å²) >= 11 is 0. The van der Waals surface area contributed by atoms with Crippen LogP contribution in [0.5, 0.6) is 0 Å². The Balaban J connectivity index is 0.00000121. The molecule has 0 aromatic rings. The molecule has 0 bridgehead atoms. The summed E-state index contributed by atoms with van der Waals surface area (Å²) in [6.07, 6.45) is 0.388. The SMILES string of the molecule is Cl.[N-]=[N+]=N[C@H]1CN[C@@H](C(=O)O)C1. The van der Waals surface area contributed by atoms with Crippen LogP contribution in [0.3, 0.4) is 0 Å². The van der Waals surface area contributed by atoms with Gasteiger partial charge in [-0.25, -0.2) is 0 Å². The first kappa shape index (κ1) is 11.0. The van der Waals surface area contributed by atoms with E-state index in [9.17, 15) is 4.79 Å². The van der Waals surface area contributed by atoms with Crippen LogP contribution in [0, 0.1) is 0 Å². The zero-order valence-corrected chi connectivity index (χ0v) is 6.99. The predicted molar refractivity (Wildman–Crippen MR) is 44.2 cm³/mol. The first-order valence-electron chi connectivity index (χ1n) is 3.24. The topological polar surface area (TPSA) is 98.1 Å². The van der Waals surface area contributed by atoms with Crippen molar-refractivity contribution < 1.29 is 9.90 Å². The van der Waals surface area contributed by atoms with E-state index in [4.69, 9.17) is 10.6 Å². The standard InChI is InChI=1S/C5H8N4O2.ClH/c6-9-8-3-1-4(5(10)11)7-2-3;/h3-4,7H,1-2H2,(H,10,11);1H/t3-,4-;/m1./s1. The molecule has 0 aromatic heterocycles. The summed E-state index contributed by atoms with van der Waals surface area (Å²) in [5.41, 5.74) is 8.03. The van der Waals surface area contributed by atoms with Gasteiger partial charge in [-0.2, -0.15) is 0 Å². The second kappa shape index (κ2) is 4.82. The first-order valence-corrected chi connectivity index (χ1v) is 3.24. The molecule has 0 amide bonds. The van der Waals surface area contributed by atoms with Crippen molar-refractivity contribution in [2.75, 3.05) is 6.54 Å². The highest BCUT2D eigenvalue weighted by Gasteiger charge is 2.27. The van der Waals surface area contributed by atoms with E-state index < -0.39 is 12.0 Å². The lowest BCUT2D eigenvalue weighted by Crippen LogP contribution is -2.29. The van der Waals surface area contributed by atoms with Crippen LogP contribution in [-0.4, -0.2) is 29.7 Å². The number of carboxylic acid groups (broad SMARTS) is 1. The molecule has 0 aliphatic carbocycles. The van der Waals surface area contributed by atoms with Gasteiger partial charge < -0.3 is 10.4 Å². The zero-order valence-electron chi connectivity index (χ0n) is 6.17. The summed E-state index contributed by atoms with van der Waals surface area (Å²) in [7, 11) is 0. The lowest BCUT2D eigenvalue weighted by atomic mass is 10.2. The Morgan fingerprint density at radius 1 is 1.75 bits per heavy atom. The lowest BCUT2D eigenvalue weighted by Gasteiger charge is -2.00. The van der Waals surface area contributed by atoms with Crippen LogP contribution in [0.2, 0.25) is 0 Å². The molecule has 1 saturated heterocycles.